The van der Waals surface area contributed by atoms with Crippen LogP contribution in [0.5, 0.6) is 0 Å². The Hall–Kier alpha value is -1.38. The maximum Gasteiger partial charge on any atom is 0.127 e. The van der Waals surface area contributed by atoms with Gasteiger partial charge in [0.15, 0.2) is 0 Å². The summed E-state index contributed by atoms with van der Waals surface area (Å²) in [7, 11) is 1.99. The molecule has 0 fully saturated rings. The van der Waals surface area contributed by atoms with Gasteiger partial charge in [0, 0.05) is 11.6 Å². The predicted octanol–water partition coefficient (Wildman–Crippen LogP) is 4.66. The van der Waals surface area contributed by atoms with Gasteiger partial charge in [-0.25, -0.2) is 4.39 Å². The van der Waals surface area contributed by atoms with Crippen LogP contribution < -0.4 is 5.32 Å². The highest BCUT2D eigenvalue weighted by Crippen LogP contribution is 2.40. The maximum absolute atomic E-state index is 13.6. The van der Waals surface area contributed by atoms with Crippen LogP contribution in [0.4, 0.5) is 4.39 Å². The van der Waals surface area contributed by atoms with E-state index in [1.54, 1.807) is 6.92 Å². The molecule has 1 aliphatic rings. The monoisotopic (exact) mass is 289 g/mol. The summed E-state index contributed by atoms with van der Waals surface area (Å²) in [5, 5.41) is 3.82. The summed E-state index contributed by atoms with van der Waals surface area (Å²) in [4.78, 5) is 0. The first-order valence-electron chi connectivity index (χ1n) is 6.87. The summed E-state index contributed by atoms with van der Waals surface area (Å²) >= 11 is 6.25. The second kappa shape index (κ2) is 5.19. The van der Waals surface area contributed by atoms with Crippen LogP contribution in [0, 0.1) is 12.7 Å². The molecular formula is C17H17ClFN. The van der Waals surface area contributed by atoms with Crippen LogP contribution in [0.25, 0.3) is 11.1 Å². The van der Waals surface area contributed by atoms with E-state index >= 15 is 0 Å². The molecule has 1 unspecified atom stereocenters. The Labute approximate surface area is 123 Å². The van der Waals surface area contributed by atoms with Crippen LogP contribution in [0.2, 0.25) is 5.02 Å². The van der Waals surface area contributed by atoms with Gasteiger partial charge < -0.3 is 5.32 Å². The fourth-order valence-electron chi connectivity index (χ4n) is 3.07. The molecular weight excluding hydrogens is 273 g/mol. The van der Waals surface area contributed by atoms with Gasteiger partial charge in [-0.1, -0.05) is 29.8 Å². The fourth-order valence-corrected chi connectivity index (χ4v) is 3.32. The highest BCUT2D eigenvalue weighted by atomic mass is 35.5. The Bertz CT molecular complexity index is 666. The molecule has 0 radical (unpaired) electrons. The van der Waals surface area contributed by atoms with E-state index in [1.165, 1.54) is 17.2 Å². The molecule has 2 aromatic carbocycles. The quantitative estimate of drug-likeness (QED) is 0.848. The smallest absolute Gasteiger partial charge is 0.127 e. The van der Waals surface area contributed by atoms with E-state index in [0.717, 1.165) is 24.0 Å². The standard InChI is InChI=1S/C17H17ClFN/c1-10-8-14(15(18)9-16(10)19)11-4-3-5-13-12(11)6-7-17(13)20-2/h3-5,8-9,17,20H,6-7H2,1-2H3. The lowest BCUT2D eigenvalue weighted by molar-refractivity contribution is 0.590. The van der Waals surface area contributed by atoms with E-state index in [2.05, 4.69) is 23.5 Å². The van der Waals surface area contributed by atoms with E-state index in [0.29, 0.717) is 16.6 Å². The van der Waals surface area contributed by atoms with Crippen molar-refractivity contribution in [1.29, 1.82) is 0 Å². The highest BCUT2D eigenvalue weighted by Gasteiger charge is 2.24. The van der Waals surface area contributed by atoms with Crippen LogP contribution in [0.1, 0.15) is 29.2 Å². The second-order valence-electron chi connectivity index (χ2n) is 5.33. The number of benzene rings is 2. The van der Waals surface area contributed by atoms with Crippen LogP contribution in [-0.4, -0.2) is 7.05 Å². The predicted molar refractivity (Wildman–Crippen MR) is 81.7 cm³/mol. The largest absolute Gasteiger partial charge is 0.313 e. The van der Waals surface area contributed by atoms with Crippen molar-refractivity contribution in [3.8, 4) is 11.1 Å². The first-order chi connectivity index (χ1) is 9.61. The first kappa shape index (κ1) is 13.6. The summed E-state index contributed by atoms with van der Waals surface area (Å²) in [5.74, 6) is -0.251. The minimum absolute atomic E-state index is 0.251. The lowest BCUT2D eigenvalue weighted by Gasteiger charge is -2.14. The zero-order valence-electron chi connectivity index (χ0n) is 11.6. The zero-order chi connectivity index (χ0) is 14.3. The van der Waals surface area contributed by atoms with E-state index < -0.39 is 0 Å². The summed E-state index contributed by atoms with van der Waals surface area (Å²) in [6.45, 7) is 1.77. The number of aryl methyl sites for hydroxylation is 1. The fraction of sp³-hybridized carbons (Fsp3) is 0.294. The van der Waals surface area contributed by atoms with E-state index in [-0.39, 0.29) is 5.82 Å². The van der Waals surface area contributed by atoms with Gasteiger partial charge in [0.05, 0.1) is 5.02 Å². The maximum atomic E-state index is 13.6. The van der Waals surface area contributed by atoms with Crippen molar-refractivity contribution in [2.45, 2.75) is 25.8 Å². The normalized spacial score (nSPS) is 17.3. The van der Waals surface area contributed by atoms with Crippen molar-refractivity contribution >= 4 is 11.6 Å². The molecule has 0 heterocycles. The van der Waals surface area contributed by atoms with Crippen LogP contribution in [0.15, 0.2) is 30.3 Å². The van der Waals surface area contributed by atoms with Gasteiger partial charge in [0.25, 0.3) is 0 Å². The average molecular weight is 290 g/mol. The molecule has 1 N–H and O–H groups in total. The van der Waals surface area contributed by atoms with Gasteiger partial charge in [-0.3, -0.25) is 0 Å². The van der Waals surface area contributed by atoms with E-state index in [1.807, 2.05) is 13.1 Å². The van der Waals surface area contributed by atoms with Gasteiger partial charge in [-0.2, -0.15) is 0 Å². The van der Waals surface area contributed by atoms with Gasteiger partial charge in [-0.05, 0) is 61.2 Å². The third-order valence-corrected chi connectivity index (χ3v) is 4.47. The Morgan fingerprint density at radius 1 is 1.25 bits per heavy atom. The van der Waals surface area contributed by atoms with Crippen LogP contribution in [-0.2, 0) is 6.42 Å². The Kier molecular flexibility index (Phi) is 3.53. The molecule has 0 bridgehead atoms. The van der Waals surface area contributed by atoms with Gasteiger partial charge in [0.1, 0.15) is 5.82 Å². The second-order valence-corrected chi connectivity index (χ2v) is 5.74. The molecule has 1 nitrogen and oxygen atoms in total. The Balaban J connectivity index is 2.17. The molecule has 1 aliphatic carbocycles. The molecule has 0 spiro atoms. The molecule has 20 heavy (non-hydrogen) atoms. The number of fused-ring (bicyclic) bond motifs is 1. The molecule has 0 saturated heterocycles. The molecule has 0 aromatic heterocycles. The van der Waals surface area contributed by atoms with Gasteiger partial charge >= 0.3 is 0 Å². The highest BCUT2D eigenvalue weighted by molar-refractivity contribution is 6.33. The summed E-state index contributed by atoms with van der Waals surface area (Å²) in [5.41, 5.74) is 5.36. The number of nitrogens with one attached hydrogen (secondary N) is 1. The molecule has 0 amide bonds. The van der Waals surface area contributed by atoms with Crippen molar-refractivity contribution in [3.63, 3.8) is 0 Å². The summed E-state index contributed by atoms with van der Waals surface area (Å²) in [6, 6.07) is 9.96. The molecule has 3 rings (SSSR count). The third kappa shape index (κ3) is 2.13. The SMILES string of the molecule is CNC1CCc2c(-c3cc(C)c(F)cc3Cl)cccc21. The number of halogens is 2. The summed E-state index contributed by atoms with van der Waals surface area (Å²) < 4.78 is 13.6. The lowest BCUT2D eigenvalue weighted by Crippen LogP contribution is -2.12. The van der Waals surface area contributed by atoms with Crippen molar-refractivity contribution < 1.29 is 4.39 Å². The van der Waals surface area contributed by atoms with Gasteiger partial charge in [-0.15, -0.1) is 0 Å². The van der Waals surface area contributed by atoms with Gasteiger partial charge in [0.2, 0.25) is 0 Å². The van der Waals surface area contributed by atoms with Crippen LogP contribution >= 0.6 is 11.6 Å². The molecule has 3 heteroatoms. The molecule has 1 atom stereocenters. The number of hydrogen-bond donors (Lipinski definition) is 1. The van der Waals surface area contributed by atoms with Crippen molar-refractivity contribution in [2.75, 3.05) is 7.05 Å². The lowest BCUT2D eigenvalue weighted by atomic mass is 9.95. The Morgan fingerprint density at radius 3 is 2.80 bits per heavy atom. The zero-order valence-corrected chi connectivity index (χ0v) is 12.4. The van der Waals surface area contributed by atoms with Crippen LogP contribution in [0.3, 0.4) is 0 Å². The van der Waals surface area contributed by atoms with Crippen molar-refractivity contribution in [1.82, 2.24) is 5.32 Å². The molecule has 104 valence electrons. The first-order valence-corrected chi connectivity index (χ1v) is 7.24. The van der Waals surface area contributed by atoms with Crippen molar-refractivity contribution in [2.24, 2.45) is 0 Å². The Morgan fingerprint density at radius 2 is 2.05 bits per heavy atom. The number of rotatable bonds is 2. The average Bonchev–Trinajstić information content (AvgIpc) is 2.86. The van der Waals surface area contributed by atoms with Crippen molar-refractivity contribution in [3.05, 3.63) is 57.9 Å². The molecule has 0 saturated carbocycles. The minimum atomic E-state index is -0.251. The minimum Gasteiger partial charge on any atom is -0.313 e. The summed E-state index contributed by atoms with van der Waals surface area (Å²) in [6.07, 6.45) is 2.13. The number of hydrogen-bond acceptors (Lipinski definition) is 1. The topological polar surface area (TPSA) is 12.0 Å². The molecule has 2 aromatic rings. The molecule has 0 aliphatic heterocycles. The van der Waals surface area contributed by atoms with E-state index in [4.69, 9.17) is 11.6 Å². The third-order valence-electron chi connectivity index (χ3n) is 4.16. The van der Waals surface area contributed by atoms with E-state index in [9.17, 15) is 4.39 Å².